The Hall–Kier alpha value is -2.47. The van der Waals surface area contributed by atoms with E-state index in [4.69, 9.17) is 0 Å². The highest BCUT2D eigenvalue weighted by Gasteiger charge is 2.28. The van der Waals surface area contributed by atoms with Crippen LogP contribution in [0.2, 0.25) is 0 Å². The first-order valence-corrected chi connectivity index (χ1v) is 12.7. The number of rotatable bonds is 9. The Bertz CT molecular complexity index is 1140. The Morgan fingerprint density at radius 3 is 2.00 bits per heavy atom. The first-order valence-electron chi connectivity index (χ1n) is 9.77. The predicted octanol–water partition coefficient (Wildman–Crippen LogP) is 1.91. The lowest BCUT2D eigenvalue weighted by Gasteiger charge is -2.21. The van der Waals surface area contributed by atoms with Crippen LogP contribution in [0.4, 0.5) is 5.69 Å². The van der Waals surface area contributed by atoms with Gasteiger partial charge in [-0.05, 0) is 75.2 Å². The van der Waals surface area contributed by atoms with Crippen LogP contribution in [0.5, 0.6) is 0 Å². The molecule has 0 unspecified atom stereocenters. The Labute approximate surface area is 182 Å². The van der Waals surface area contributed by atoms with E-state index >= 15 is 0 Å². The van der Waals surface area contributed by atoms with Crippen molar-refractivity contribution in [2.75, 3.05) is 12.5 Å². The van der Waals surface area contributed by atoms with Crippen LogP contribution >= 0.6 is 0 Å². The van der Waals surface area contributed by atoms with Gasteiger partial charge in [0.25, 0.3) is 5.91 Å². The zero-order valence-electron chi connectivity index (χ0n) is 17.5. The Morgan fingerprint density at radius 1 is 0.935 bits per heavy atom. The van der Waals surface area contributed by atoms with Crippen LogP contribution < -0.4 is 15.6 Å². The second-order valence-corrected chi connectivity index (χ2v) is 11.3. The summed E-state index contributed by atoms with van der Waals surface area (Å²) in [5, 5.41) is 0. The monoisotopic (exact) mass is 466 g/mol. The summed E-state index contributed by atoms with van der Waals surface area (Å²) in [6.45, 7) is 3.55. The minimum atomic E-state index is -3.62. The first-order chi connectivity index (χ1) is 14.5. The fraction of sp³-hybridized carbons (Fsp3) is 0.350. The number of nitrogens with zero attached hydrogens (tertiary/aromatic N) is 1. The number of hydrazine groups is 1. The van der Waals surface area contributed by atoms with E-state index < -0.39 is 26.0 Å². The molecule has 2 aromatic carbocycles. The van der Waals surface area contributed by atoms with E-state index in [1.807, 2.05) is 0 Å². The Balaban J connectivity index is 1.60. The molecule has 0 heterocycles. The van der Waals surface area contributed by atoms with Crippen LogP contribution in [0.15, 0.2) is 58.3 Å². The van der Waals surface area contributed by atoms with Gasteiger partial charge in [0.2, 0.25) is 20.0 Å². The summed E-state index contributed by atoms with van der Waals surface area (Å²) in [7, 11) is -5.65. The smallest absolute Gasteiger partial charge is 0.269 e. The maximum atomic E-state index is 12.5. The number of nitrogens with one attached hydrogen (secondary N) is 3. The molecule has 3 N–H and O–H groups in total. The molecule has 1 aliphatic rings. The Morgan fingerprint density at radius 2 is 1.48 bits per heavy atom. The molecule has 0 bridgehead atoms. The van der Waals surface area contributed by atoms with Crippen molar-refractivity contribution in [2.45, 2.75) is 48.6 Å². The molecule has 0 radical (unpaired) electrons. The van der Waals surface area contributed by atoms with E-state index in [0.717, 1.165) is 12.8 Å². The number of amides is 1. The standard InChI is InChI=1S/C20H26N4O5S2/c1-14(2)24(3)31(28,29)19-10-4-15(5-11-19)20(25)22-21-16-8-12-18(13-9-16)30(26,27)23-17-6-7-17/h4-5,8-14,17,21,23H,6-7H2,1-3H3,(H,22,25). The Kier molecular flexibility index (Phi) is 6.70. The third kappa shape index (κ3) is 5.62. The third-order valence-electron chi connectivity index (χ3n) is 4.90. The number of carbonyl (C=O) groups excluding carboxylic acids is 1. The van der Waals surface area contributed by atoms with E-state index in [1.54, 1.807) is 26.0 Å². The second-order valence-electron chi connectivity index (χ2n) is 7.64. The van der Waals surface area contributed by atoms with Gasteiger partial charge in [0.15, 0.2) is 0 Å². The molecule has 31 heavy (non-hydrogen) atoms. The van der Waals surface area contributed by atoms with Crippen molar-refractivity contribution in [3.05, 3.63) is 54.1 Å². The van der Waals surface area contributed by atoms with Crippen LogP contribution in [0, 0.1) is 0 Å². The van der Waals surface area contributed by atoms with Crippen molar-refractivity contribution in [3.8, 4) is 0 Å². The quantitative estimate of drug-likeness (QED) is 0.485. The van der Waals surface area contributed by atoms with Crippen molar-refractivity contribution in [3.63, 3.8) is 0 Å². The molecule has 0 atom stereocenters. The largest absolute Gasteiger partial charge is 0.298 e. The lowest BCUT2D eigenvalue weighted by molar-refractivity contribution is 0.0962. The minimum Gasteiger partial charge on any atom is -0.298 e. The number of hydrogen-bond donors (Lipinski definition) is 3. The molecule has 0 aliphatic heterocycles. The van der Waals surface area contributed by atoms with E-state index in [1.165, 1.54) is 47.8 Å². The molecule has 0 saturated heterocycles. The number of benzene rings is 2. The molecule has 1 aliphatic carbocycles. The van der Waals surface area contributed by atoms with Gasteiger partial charge in [0.1, 0.15) is 0 Å². The van der Waals surface area contributed by atoms with Crippen molar-refractivity contribution < 1.29 is 21.6 Å². The summed E-state index contributed by atoms with van der Waals surface area (Å²) in [5.41, 5.74) is 5.98. The number of anilines is 1. The molecule has 1 saturated carbocycles. The van der Waals surface area contributed by atoms with Crippen LogP contribution in [0.3, 0.4) is 0 Å². The van der Waals surface area contributed by atoms with E-state index in [-0.39, 0.29) is 27.4 Å². The molecule has 9 nitrogen and oxygen atoms in total. The maximum Gasteiger partial charge on any atom is 0.269 e. The van der Waals surface area contributed by atoms with E-state index in [2.05, 4.69) is 15.6 Å². The molecule has 168 valence electrons. The van der Waals surface area contributed by atoms with Crippen molar-refractivity contribution in [2.24, 2.45) is 0 Å². The SMILES string of the molecule is CC(C)N(C)S(=O)(=O)c1ccc(C(=O)NNc2ccc(S(=O)(=O)NC3CC3)cc2)cc1. The van der Waals surface area contributed by atoms with Crippen LogP contribution in [0.1, 0.15) is 37.0 Å². The van der Waals surface area contributed by atoms with Crippen LogP contribution in [0.25, 0.3) is 0 Å². The zero-order chi connectivity index (χ0) is 22.8. The minimum absolute atomic E-state index is 0.0224. The van der Waals surface area contributed by atoms with Gasteiger partial charge in [-0.1, -0.05) is 0 Å². The van der Waals surface area contributed by atoms with Gasteiger partial charge < -0.3 is 0 Å². The fourth-order valence-electron chi connectivity index (χ4n) is 2.63. The average molecular weight is 467 g/mol. The van der Waals surface area contributed by atoms with Crippen molar-refractivity contribution >= 4 is 31.6 Å². The highest BCUT2D eigenvalue weighted by atomic mass is 32.2. The maximum absolute atomic E-state index is 12.5. The molecular formula is C20H26N4O5S2. The molecule has 0 spiro atoms. The molecule has 0 aromatic heterocycles. The van der Waals surface area contributed by atoms with Gasteiger partial charge >= 0.3 is 0 Å². The molecule has 1 amide bonds. The molecule has 11 heteroatoms. The summed E-state index contributed by atoms with van der Waals surface area (Å²) in [6, 6.07) is 11.4. The molecule has 3 rings (SSSR count). The third-order valence-corrected chi connectivity index (χ3v) is 8.49. The van der Waals surface area contributed by atoms with Gasteiger partial charge in [0.05, 0.1) is 15.5 Å². The lowest BCUT2D eigenvalue weighted by Crippen LogP contribution is -2.33. The van der Waals surface area contributed by atoms with Gasteiger partial charge in [-0.25, -0.2) is 21.6 Å². The van der Waals surface area contributed by atoms with Gasteiger partial charge in [-0.3, -0.25) is 15.6 Å². The highest BCUT2D eigenvalue weighted by Crippen LogP contribution is 2.23. The van der Waals surface area contributed by atoms with Crippen molar-refractivity contribution in [1.29, 1.82) is 0 Å². The number of hydrogen-bond acceptors (Lipinski definition) is 6. The second kappa shape index (κ2) is 8.95. The average Bonchev–Trinajstić information content (AvgIpc) is 3.55. The fourth-order valence-corrected chi connectivity index (χ4v) is 5.30. The van der Waals surface area contributed by atoms with E-state index in [0.29, 0.717) is 5.69 Å². The topological polar surface area (TPSA) is 125 Å². The van der Waals surface area contributed by atoms with Crippen molar-refractivity contribution in [1.82, 2.24) is 14.5 Å². The number of sulfonamides is 2. The summed E-state index contributed by atoms with van der Waals surface area (Å²) in [4.78, 5) is 12.6. The summed E-state index contributed by atoms with van der Waals surface area (Å²) < 4.78 is 53.2. The highest BCUT2D eigenvalue weighted by molar-refractivity contribution is 7.89. The first kappa shape index (κ1) is 23.2. The van der Waals surface area contributed by atoms with Crippen LogP contribution in [-0.4, -0.2) is 46.2 Å². The predicted molar refractivity (Wildman–Crippen MR) is 117 cm³/mol. The zero-order valence-corrected chi connectivity index (χ0v) is 19.1. The van der Waals surface area contributed by atoms with Crippen LogP contribution in [-0.2, 0) is 20.0 Å². The molecule has 1 fully saturated rings. The van der Waals surface area contributed by atoms with Gasteiger partial charge in [-0.15, -0.1) is 0 Å². The number of carbonyl (C=O) groups is 1. The summed E-state index contributed by atoms with van der Waals surface area (Å²) in [5.74, 6) is -0.465. The summed E-state index contributed by atoms with van der Waals surface area (Å²) >= 11 is 0. The van der Waals surface area contributed by atoms with E-state index in [9.17, 15) is 21.6 Å². The van der Waals surface area contributed by atoms with Gasteiger partial charge in [-0.2, -0.15) is 4.31 Å². The molecular weight excluding hydrogens is 440 g/mol. The van der Waals surface area contributed by atoms with Gasteiger partial charge in [0, 0.05) is 24.7 Å². The molecule has 2 aromatic rings. The lowest BCUT2D eigenvalue weighted by atomic mass is 10.2. The summed E-state index contributed by atoms with van der Waals surface area (Å²) in [6.07, 6.45) is 1.71. The normalized spacial score (nSPS) is 14.6.